The van der Waals surface area contributed by atoms with E-state index in [2.05, 4.69) is 11.7 Å². The van der Waals surface area contributed by atoms with Crippen molar-refractivity contribution in [2.24, 2.45) is 0 Å². The van der Waals surface area contributed by atoms with E-state index < -0.39 is 12.8 Å². The monoisotopic (exact) mass is 340 g/mol. The second-order valence-electron chi connectivity index (χ2n) is 5.15. The van der Waals surface area contributed by atoms with Gasteiger partial charge in [-0.2, -0.15) is 13.2 Å². The van der Waals surface area contributed by atoms with Gasteiger partial charge < -0.3 is 14.2 Å². The second kappa shape index (κ2) is 8.47. The first-order valence-electron chi connectivity index (χ1n) is 7.66. The van der Waals surface area contributed by atoms with Crippen molar-refractivity contribution in [1.29, 1.82) is 0 Å². The van der Waals surface area contributed by atoms with Gasteiger partial charge in [-0.15, -0.1) is 0 Å². The molecule has 0 atom stereocenters. The largest absolute Gasteiger partial charge is 0.494 e. The van der Waals surface area contributed by atoms with Gasteiger partial charge in [-0.3, -0.25) is 0 Å². The highest BCUT2D eigenvalue weighted by molar-refractivity contribution is 5.37. The molecule has 0 N–H and O–H groups in total. The van der Waals surface area contributed by atoms with Crippen LogP contribution in [0.4, 0.5) is 13.2 Å². The molecule has 0 aliphatic carbocycles. The quantitative estimate of drug-likeness (QED) is 0.586. The number of rotatable bonds is 8. The molecule has 0 saturated heterocycles. The van der Waals surface area contributed by atoms with Crippen LogP contribution in [-0.2, 0) is 0 Å². The predicted molar refractivity (Wildman–Crippen MR) is 84.9 cm³/mol. The molecule has 0 aliphatic rings. The summed E-state index contributed by atoms with van der Waals surface area (Å²) in [5.41, 5.74) is 0. The lowest BCUT2D eigenvalue weighted by Crippen LogP contribution is -2.19. The maximum atomic E-state index is 12.1. The molecule has 2 aromatic rings. The zero-order valence-electron chi connectivity index (χ0n) is 13.3. The van der Waals surface area contributed by atoms with Gasteiger partial charge >= 0.3 is 6.18 Å². The maximum absolute atomic E-state index is 12.1. The van der Waals surface area contributed by atoms with Crippen molar-refractivity contribution < 1.29 is 27.4 Å². The van der Waals surface area contributed by atoms with Gasteiger partial charge in [-0.25, -0.2) is 0 Å². The molecule has 0 amide bonds. The molecular weight excluding hydrogens is 321 g/mol. The summed E-state index contributed by atoms with van der Waals surface area (Å²) in [6.45, 7) is 1.46. The van der Waals surface area contributed by atoms with E-state index >= 15 is 0 Å². The fraction of sp³-hybridized carbons (Fsp3) is 0.333. The molecule has 0 heterocycles. The smallest absolute Gasteiger partial charge is 0.422 e. The molecule has 2 rings (SSSR count). The third kappa shape index (κ3) is 6.40. The van der Waals surface area contributed by atoms with E-state index in [1.165, 1.54) is 12.1 Å². The van der Waals surface area contributed by atoms with Crippen molar-refractivity contribution in [3.05, 3.63) is 48.5 Å². The Morgan fingerprint density at radius 3 is 1.67 bits per heavy atom. The lowest BCUT2D eigenvalue weighted by Gasteiger charge is -2.10. The highest BCUT2D eigenvalue weighted by Gasteiger charge is 2.28. The molecule has 130 valence electrons. The first-order chi connectivity index (χ1) is 11.5. The van der Waals surface area contributed by atoms with E-state index in [1.807, 2.05) is 12.1 Å². The van der Waals surface area contributed by atoms with E-state index in [0.29, 0.717) is 18.1 Å². The van der Waals surface area contributed by atoms with Crippen LogP contribution in [0.1, 0.15) is 19.8 Å². The summed E-state index contributed by atoms with van der Waals surface area (Å²) in [5, 5.41) is 0. The molecule has 0 aliphatic heterocycles. The van der Waals surface area contributed by atoms with E-state index in [4.69, 9.17) is 9.47 Å². The molecule has 0 spiro atoms. The summed E-state index contributed by atoms with van der Waals surface area (Å²) in [6.07, 6.45) is -2.28. The van der Waals surface area contributed by atoms with Gasteiger partial charge in [0.25, 0.3) is 0 Å². The van der Waals surface area contributed by atoms with Gasteiger partial charge in [0, 0.05) is 0 Å². The van der Waals surface area contributed by atoms with Crippen molar-refractivity contribution in [3.8, 4) is 23.0 Å². The lowest BCUT2D eigenvalue weighted by atomic mass is 10.3. The van der Waals surface area contributed by atoms with Crippen LogP contribution in [-0.4, -0.2) is 19.4 Å². The minimum absolute atomic E-state index is 0.138. The average molecular weight is 340 g/mol. The zero-order chi connectivity index (χ0) is 17.4. The summed E-state index contributed by atoms with van der Waals surface area (Å²) < 4.78 is 52.1. The van der Waals surface area contributed by atoms with Crippen LogP contribution in [0.5, 0.6) is 23.0 Å². The number of hydrogen-bond donors (Lipinski definition) is 0. The van der Waals surface area contributed by atoms with Gasteiger partial charge in [0.1, 0.15) is 23.0 Å². The summed E-state index contributed by atoms with van der Waals surface area (Å²) in [6, 6.07) is 13.1. The van der Waals surface area contributed by atoms with Crippen LogP contribution in [0.25, 0.3) is 0 Å². The minimum atomic E-state index is -4.35. The number of ether oxygens (including phenoxy) is 3. The molecule has 0 fully saturated rings. The van der Waals surface area contributed by atoms with Gasteiger partial charge in [-0.1, -0.05) is 13.3 Å². The van der Waals surface area contributed by atoms with E-state index in [0.717, 1.165) is 18.6 Å². The fourth-order valence-corrected chi connectivity index (χ4v) is 1.84. The first-order valence-corrected chi connectivity index (χ1v) is 7.66. The van der Waals surface area contributed by atoms with Crippen molar-refractivity contribution in [1.82, 2.24) is 0 Å². The third-order valence-corrected chi connectivity index (χ3v) is 3.05. The SMILES string of the molecule is CCCCOc1ccc(Oc2ccc(OCC(F)(F)F)cc2)cc1. The van der Waals surface area contributed by atoms with Crippen LogP contribution in [0, 0.1) is 0 Å². The standard InChI is InChI=1S/C18H19F3O3/c1-2-3-12-22-14-4-8-16(9-5-14)24-17-10-6-15(7-11-17)23-13-18(19,20)21/h4-11H,2-3,12-13H2,1H3. The summed E-state index contributed by atoms with van der Waals surface area (Å²) in [7, 11) is 0. The number of benzene rings is 2. The number of halogens is 3. The number of unbranched alkanes of at least 4 members (excludes halogenated alkanes) is 1. The third-order valence-electron chi connectivity index (χ3n) is 3.05. The Morgan fingerprint density at radius 1 is 0.750 bits per heavy atom. The topological polar surface area (TPSA) is 27.7 Å². The Labute approximate surface area is 139 Å². The lowest BCUT2D eigenvalue weighted by molar-refractivity contribution is -0.153. The zero-order valence-corrected chi connectivity index (χ0v) is 13.3. The summed E-state index contributed by atoms with van der Waals surface area (Å²) >= 11 is 0. The van der Waals surface area contributed by atoms with Gasteiger partial charge in [0.05, 0.1) is 6.61 Å². The molecule has 2 aromatic carbocycles. The minimum Gasteiger partial charge on any atom is -0.494 e. The van der Waals surface area contributed by atoms with E-state index in [-0.39, 0.29) is 5.75 Å². The Bertz CT molecular complexity index is 607. The van der Waals surface area contributed by atoms with Crippen molar-refractivity contribution in [2.45, 2.75) is 25.9 Å². The van der Waals surface area contributed by atoms with Gasteiger partial charge in [0.2, 0.25) is 0 Å². The Balaban J connectivity index is 1.86. The summed E-state index contributed by atoms with van der Waals surface area (Å²) in [4.78, 5) is 0. The van der Waals surface area contributed by atoms with Crippen LogP contribution in [0.3, 0.4) is 0 Å². The van der Waals surface area contributed by atoms with E-state index in [9.17, 15) is 13.2 Å². The highest BCUT2D eigenvalue weighted by atomic mass is 19.4. The summed E-state index contributed by atoms with van der Waals surface area (Å²) in [5.74, 6) is 2.03. The van der Waals surface area contributed by atoms with Crippen LogP contribution >= 0.6 is 0 Å². The molecule has 0 unspecified atom stereocenters. The first kappa shape index (κ1) is 18.0. The predicted octanol–water partition coefficient (Wildman–Crippen LogP) is 5.60. The van der Waals surface area contributed by atoms with Crippen LogP contribution < -0.4 is 14.2 Å². The number of alkyl halides is 3. The normalized spacial score (nSPS) is 11.2. The van der Waals surface area contributed by atoms with Crippen molar-refractivity contribution in [2.75, 3.05) is 13.2 Å². The molecular formula is C18H19F3O3. The Kier molecular flexibility index (Phi) is 6.35. The van der Waals surface area contributed by atoms with E-state index in [1.54, 1.807) is 24.3 Å². The molecule has 24 heavy (non-hydrogen) atoms. The Morgan fingerprint density at radius 2 is 1.21 bits per heavy atom. The molecule has 0 aromatic heterocycles. The number of hydrogen-bond acceptors (Lipinski definition) is 3. The van der Waals surface area contributed by atoms with Crippen LogP contribution in [0.15, 0.2) is 48.5 Å². The average Bonchev–Trinajstić information content (AvgIpc) is 2.55. The molecule has 6 heteroatoms. The van der Waals surface area contributed by atoms with Gasteiger partial charge in [0.15, 0.2) is 6.61 Å². The molecule has 0 bridgehead atoms. The maximum Gasteiger partial charge on any atom is 0.422 e. The Hall–Kier alpha value is -2.37. The van der Waals surface area contributed by atoms with Crippen molar-refractivity contribution in [3.63, 3.8) is 0 Å². The molecule has 3 nitrogen and oxygen atoms in total. The van der Waals surface area contributed by atoms with Crippen LogP contribution in [0.2, 0.25) is 0 Å². The highest BCUT2D eigenvalue weighted by Crippen LogP contribution is 2.26. The van der Waals surface area contributed by atoms with Gasteiger partial charge in [-0.05, 0) is 55.0 Å². The fourth-order valence-electron chi connectivity index (χ4n) is 1.84. The second-order valence-corrected chi connectivity index (χ2v) is 5.15. The molecule has 0 radical (unpaired) electrons. The molecule has 0 saturated carbocycles. The van der Waals surface area contributed by atoms with Crippen molar-refractivity contribution >= 4 is 0 Å².